The molecule has 25 heavy (non-hydrogen) atoms. The Morgan fingerprint density at radius 2 is 1.96 bits per heavy atom. The first-order valence-corrected chi connectivity index (χ1v) is 8.43. The molecule has 1 aromatic heterocycles. The van der Waals surface area contributed by atoms with Gasteiger partial charge in [0.25, 0.3) is 0 Å². The average molecular weight is 362 g/mol. The summed E-state index contributed by atoms with van der Waals surface area (Å²) in [5.41, 5.74) is -0.415. The standard InChI is InChI=1S/C18H19FN2O3S/c1-18(2,3)24-17(23)21-15-11-12(6-8-14(15)19)20-16(22)9-7-13-5-4-10-25-13/h4-11H,1-3H3,(H,20,22)(H,21,23)/b9-7+. The van der Waals surface area contributed by atoms with Gasteiger partial charge in [-0.15, -0.1) is 11.3 Å². The van der Waals surface area contributed by atoms with E-state index in [0.717, 1.165) is 10.9 Å². The van der Waals surface area contributed by atoms with Gasteiger partial charge in [0.1, 0.15) is 11.4 Å². The number of amides is 2. The van der Waals surface area contributed by atoms with Gasteiger partial charge >= 0.3 is 6.09 Å². The maximum atomic E-state index is 13.8. The molecule has 0 spiro atoms. The number of carbonyl (C=O) groups excluding carboxylic acids is 2. The summed E-state index contributed by atoms with van der Waals surface area (Å²) in [6, 6.07) is 7.67. The van der Waals surface area contributed by atoms with Crippen LogP contribution in [0, 0.1) is 5.82 Å². The number of carbonyl (C=O) groups is 2. The van der Waals surface area contributed by atoms with Gasteiger partial charge in [0.15, 0.2) is 0 Å². The number of ether oxygens (including phenoxy) is 1. The van der Waals surface area contributed by atoms with Crippen LogP contribution in [-0.4, -0.2) is 17.6 Å². The number of rotatable bonds is 4. The molecule has 0 bridgehead atoms. The minimum Gasteiger partial charge on any atom is -0.444 e. The summed E-state index contributed by atoms with van der Waals surface area (Å²) in [5.74, 6) is -0.985. The van der Waals surface area contributed by atoms with Crippen molar-refractivity contribution < 1.29 is 18.7 Å². The quantitative estimate of drug-likeness (QED) is 0.761. The fourth-order valence-corrected chi connectivity index (χ4v) is 2.46. The first kappa shape index (κ1) is 18.7. The van der Waals surface area contributed by atoms with E-state index < -0.39 is 17.5 Å². The van der Waals surface area contributed by atoms with Gasteiger partial charge in [-0.3, -0.25) is 10.1 Å². The second-order valence-corrected chi connectivity index (χ2v) is 7.14. The van der Waals surface area contributed by atoms with Gasteiger partial charge in [0.2, 0.25) is 5.91 Å². The SMILES string of the molecule is CC(C)(C)OC(=O)Nc1cc(NC(=O)/C=C/c2cccs2)ccc1F. The van der Waals surface area contributed by atoms with Crippen LogP contribution >= 0.6 is 11.3 Å². The lowest BCUT2D eigenvalue weighted by atomic mass is 10.2. The fourth-order valence-electron chi connectivity index (χ4n) is 1.84. The summed E-state index contributed by atoms with van der Waals surface area (Å²) in [7, 11) is 0. The average Bonchev–Trinajstić information content (AvgIpc) is 3.00. The summed E-state index contributed by atoms with van der Waals surface area (Å²) in [6.07, 6.45) is 2.30. The Labute approximate surface area is 149 Å². The monoisotopic (exact) mass is 362 g/mol. The maximum Gasteiger partial charge on any atom is 0.412 e. The number of halogens is 1. The Bertz CT molecular complexity index is 780. The van der Waals surface area contributed by atoms with Gasteiger partial charge in [-0.1, -0.05) is 6.07 Å². The Morgan fingerprint density at radius 3 is 2.60 bits per heavy atom. The molecular weight excluding hydrogens is 343 g/mol. The van der Waals surface area contributed by atoms with E-state index in [1.165, 1.54) is 29.5 Å². The van der Waals surface area contributed by atoms with Crippen molar-refractivity contribution in [3.8, 4) is 0 Å². The van der Waals surface area contributed by atoms with Crippen molar-refractivity contribution in [2.24, 2.45) is 0 Å². The van der Waals surface area contributed by atoms with E-state index in [4.69, 9.17) is 4.74 Å². The fraction of sp³-hybridized carbons (Fsp3) is 0.222. The van der Waals surface area contributed by atoms with Gasteiger partial charge in [-0.25, -0.2) is 9.18 Å². The summed E-state index contributed by atoms with van der Waals surface area (Å²) < 4.78 is 18.9. The number of anilines is 2. The molecule has 0 saturated carbocycles. The molecule has 0 aliphatic heterocycles. The molecule has 7 heteroatoms. The molecule has 5 nitrogen and oxygen atoms in total. The number of benzene rings is 1. The van der Waals surface area contributed by atoms with Crippen molar-refractivity contribution in [2.45, 2.75) is 26.4 Å². The predicted molar refractivity (Wildman–Crippen MR) is 98.2 cm³/mol. The maximum absolute atomic E-state index is 13.8. The topological polar surface area (TPSA) is 67.4 Å². The third kappa shape index (κ3) is 6.39. The first-order chi connectivity index (χ1) is 11.7. The minimum absolute atomic E-state index is 0.0747. The van der Waals surface area contributed by atoms with Crippen LogP contribution in [0.4, 0.5) is 20.6 Å². The molecule has 0 aliphatic carbocycles. The summed E-state index contributed by atoms with van der Waals surface area (Å²) >= 11 is 1.51. The molecule has 2 N–H and O–H groups in total. The van der Waals surface area contributed by atoms with Crippen molar-refractivity contribution in [3.63, 3.8) is 0 Å². The molecule has 132 valence electrons. The Morgan fingerprint density at radius 1 is 1.20 bits per heavy atom. The molecule has 0 saturated heterocycles. The molecule has 2 amide bonds. The molecule has 2 aromatic rings. The second kappa shape index (κ2) is 7.94. The van der Waals surface area contributed by atoms with Gasteiger partial charge < -0.3 is 10.1 Å². The smallest absolute Gasteiger partial charge is 0.412 e. The zero-order valence-corrected chi connectivity index (χ0v) is 14.9. The predicted octanol–water partition coefficient (Wildman–Crippen LogP) is 4.89. The van der Waals surface area contributed by atoms with Crippen molar-refractivity contribution in [2.75, 3.05) is 10.6 Å². The number of thiophene rings is 1. The van der Waals surface area contributed by atoms with Crippen LogP contribution in [-0.2, 0) is 9.53 Å². The highest BCUT2D eigenvalue weighted by atomic mass is 32.1. The van der Waals surface area contributed by atoms with Crippen molar-refractivity contribution >= 4 is 40.8 Å². The first-order valence-electron chi connectivity index (χ1n) is 7.55. The highest BCUT2D eigenvalue weighted by Crippen LogP contribution is 2.21. The van der Waals surface area contributed by atoms with Crippen LogP contribution in [0.15, 0.2) is 41.8 Å². The van der Waals surface area contributed by atoms with Gasteiger partial charge in [0, 0.05) is 16.6 Å². The molecule has 2 rings (SSSR count). The lowest BCUT2D eigenvalue weighted by Gasteiger charge is -2.20. The lowest BCUT2D eigenvalue weighted by molar-refractivity contribution is -0.111. The number of hydrogen-bond donors (Lipinski definition) is 2. The molecule has 0 atom stereocenters. The second-order valence-electron chi connectivity index (χ2n) is 6.16. The van der Waals surface area contributed by atoms with Crippen molar-refractivity contribution in [3.05, 3.63) is 52.5 Å². The molecule has 1 aromatic carbocycles. The van der Waals surface area contributed by atoms with Gasteiger partial charge in [0.05, 0.1) is 5.69 Å². The highest BCUT2D eigenvalue weighted by Gasteiger charge is 2.17. The Balaban J connectivity index is 2.02. The normalized spacial score (nSPS) is 11.4. The summed E-state index contributed by atoms with van der Waals surface area (Å²) in [5, 5.41) is 6.85. The Kier molecular flexibility index (Phi) is 5.93. The summed E-state index contributed by atoms with van der Waals surface area (Å²) in [6.45, 7) is 5.12. The third-order valence-corrected chi connectivity index (χ3v) is 3.65. The van der Waals surface area contributed by atoms with Crippen molar-refractivity contribution in [1.29, 1.82) is 0 Å². The molecule has 1 heterocycles. The number of hydrogen-bond acceptors (Lipinski definition) is 4. The molecule has 0 unspecified atom stereocenters. The lowest BCUT2D eigenvalue weighted by Crippen LogP contribution is -2.27. The van der Waals surface area contributed by atoms with E-state index in [2.05, 4.69) is 10.6 Å². The van der Waals surface area contributed by atoms with E-state index in [-0.39, 0.29) is 11.6 Å². The van der Waals surface area contributed by atoms with Crippen LogP contribution in [0.5, 0.6) is 0 Å². The zero-order chi connectivity index (χ0) is 18.4. The van der Waals surface area contributed by atoms with Gasteiger partial charge in [-0.2, -0.15) is 0 Å². The summed E-state index contributed by atoms with van der Waals surface area (Å²) in [4.78, 5) is 24.6. The van der Waals surface area contributed by atoms with E-state index in [1.807, 2.05) is 17.5 Å². The third-order valence-electron chi connectivity index (χ3n) is 2.81. The van der Waals surface area contributed by atoms with E-state index in [0.29, 0.717) is 5.69 Å². The highest BCUT2D eigenvalue weighted by molar-refractivity contribution is 7.10. The molecule has 0 radical (unpaired) electrons. The minimum atomic E-state index is -0.771. The van der Waals surface area contributed by atoms with Crippen LogP contribution in [0.25, 0.3) is 6.08 Å². The van der Waals surface area contributed by atoms with E-state index in [9.17, 15) is 14.0 Å². The van der Waals surface area contributed by atoms with Crippen LogP contribution < -0.4 is 10.6 Å². The van der Waals surface area contributed by atoms with E-state index >= 15 is 0 Å². The largest absolute Gasteiger partial charge is 0.444 e. The van der Waals surface area contributed by atoms with Crippen LogP contribution in [0.1, 0.15) is 25.6 Å². The Hall–Kier alpha value is -2.67. The van der Waals surface area contributed by atoms with E-state index in [1.54, 1.807) is 26.8 Å². The van der Waals surface area contributed by atoms with Crippen LogP contribution in [0.2, 0.25) is 0 Å². The molecule has 0 fully saturated rings. The zero-order valence-electron chi connectivity index (χ0n) is 14.1. The molecule has 0 aliphatic rings. The van der Waals surface area contributed by atoms with Crippen LogP contribution in [0.3, 0.4) is 0 Å². The van der Waals surface area contributed by atoms with Gasteiger partial charge in [-0.05, 0) is 56.5 Å². The van der Waals surface area contributed by atoms with Crippen molar-refractivity contribution in [1.82, 2.24) is 0 Å². The molecular formula is C18H19FN2O3S. The number of nitrogens with one attached hydrogen (secondary N) is 2.